The minimum Gasteiger partial charge on any atom is -0.481 e. The fourth-order valence-corrected chi connectivity index (χ4v) is 1.76. The number of nitrogens with two attached hydrogens (primary N) is 1. The van der Waals surface area contributed by atoms with E-state index in [1.807, 2.05) is 0 Å². The van der Waals surface area contributed by atoms with Crippen molar-refractivity contribution in [2.45, 2.75) is 5.92 Å². The molecule has 1 unspecified atom stereocenters. The Hall–Kier alpha value is -1.01. The molecule has 0 saturated heterocycles. The molecule has 1 aromatic carbocycles. The van der Waals surface area contributed by atoms with Crippen molar-refractivity contribution in [3.63, 3.8) is 0 Å². The van der Waals surface area contributed by atoms with Crippen molar-refractivity contribution < 1.29 is 18.7 Å². The second kappa shape index (κ2) is 4.67. The van der Waals surface area contributed by atoms with Crippen LogP contribution in [0, 0.1) is 11.6 Å². The lowest BCUT2D eigenvalue weighted by molar-refractivity contribution is -0.138. The maximum Gasteiger partial charge on any atom is 0.312 e. The first-order valence-electron chi connectivity index (χ1n) is 4.04. The molecule has 0 bridgehead atoms. The van der Waals surface area contributed by atoms with Crippen molar-refractivity contribution in [3.05, 3.63) is 33.8 Å². The molecule has 1 atom stereocenters. The van der Waals surface area contributed by atoms with Crippen molar-refractivity contribution in [1.82, 2.24) is 0 Å². The molecule has 82 valence electrons. The van der Waals surface area contributed by atoms with Gasteiger partial charge in [-0.15, -0.1) is 0 Å². The molecule has 1 aromatic rings. The molecule has 0 aliphatic rings. The first-order valence-corrected chi connectivity index (χ1v) is 4.84. The number of hydrogen-bond donors (Lipinski definition) is 2. The van der Waals surface area contributed by atoms with E-state index in [1.54, 1.807) is 0 Å². The van der Waals surface area contributed by atoms with Gasteiger partial charge in [0.25, 0.3) is 0 Å². The van der Waals surface area contributed by atoms with Crippen LogP contribution in [0.4, 0.5) is 8.78 Å². The third-order valence-corrected chi connectivity index (χ3v) is 2.64. The Kier molecular flexibility index (Phi) is 3.76. The molecule has 0 radical (unpaired) electrons. The molecule has 15 heavy (non-hydrogen) atoms. The average molecular weight is 280 g/mol. The number of rotatable bonds is 3. The number of halogens is 3. The number of carboxylic acids is 1. The summed E-state index contributed by atoms with van der Waals surface area (Å²) in [5.74, 6) is -4.35. The summed E-state index contributed by atoms with van der Waals surface area (Å²) in [6.45, 7) is -0.182. The highest BCUT2D eigenvalue weighted by atomic mass is 79.9. The van der Waals surface area contributed by atoms with Crippen molar-refractivity contribution in [2.75, 3.05) is 6.54 Å². The van der Waals surface area contributed by atoms with E-state index in [2.05, 4.69) is 15.9 Å². The lowest BCUT2D eigenvalue weighted by Crippen LogP contribution is -2.21. The lowest BCUT2D eigenvalue weighted by Gasteiger charge is -2.12. The molecule has 6 heteroatoms. The van der Waals surface area contributed by atoms with E-state index in [9.17, 15) is 13.6 Å². The molecule has 0 aliphatic carbocycles. The van der Waals surface area contributed by atoms with Crippen LogP contribution in [0.1, 0.15) is 11.5 Å². The first kappa shape index (κ1) is 12.1. The van der Waals surface area contributed by atoms with Gasteiger partial charge >= 0.3 is 5.97 Å². The second-order valence-corrected chi connectivity index (χ2v) is 3.77. The van der Waals surface area contributed by atoms with Gasteiger partial charge in [0.1, 0.15) is 0 Å². The Morgan fingerprint density at radius 2 is 2.00 bits per heavy atom. The largest absolute Gasteiger partial charge is 0.481 e. The van der Waals surface area contributed by atoms with Gasteiger partial charge in [-0.3, -0.25) is 4.79 Å². The van der Waals surface area contributed by atoms with Crippen LogP contribution in [0.5, 0.6) is 0 Å². The fraction of sp³-hybridized carbons (Fsp3) is 0.222. The predicted octanol–water partition coefficient (Wildman–Crippen LogP) is 1.85. The van der Waals surface area contributed by atoms with Gasteiger partial charge in [0.2, 0.25) is 0 Å². The van der Waals surface area contributed by atoms with Crippen LogP contribution in [0.3, 0.4) is 0 Å². The number of benzene rings is 1. The van der Waals surface area contributed by atoms with Crippen molar-refractivity contribution in [2.24, 2.45) is 5.73 Å². The van der Waals surface area contributed by atoms with Crippen LogP contribution in [-0.4, -0.2) is 17.6 Å². The smallest absolute Gasteiger partial charge is 0.312 e. The molecule has 1 rings (SSSR count). The number of carbonyl (C=O) groups is 1. The van der Waals surface area contributed by atoms with E-state index >= 15 is 0 Å². The molecular formula is C9H8BrF2NO2. The van der Waals surface area contributed by atoms with Crippen molar-refractivity contribution in [1.29, 1.82) is 0 Å². The summed E-state index contributed by atoms with van der Waals surface area (Å²) >= 11 is 2.97. The van der Waals surface area contributed by atoms with E-state index in [0.717, 1.165) is 12.1 Å². The lowest BCUT2D eigenvalue weighted by atomic mass is 9.99. The summed E-state index contributed by atoms with van der Waals surface area (Å²) < 4.78 is 25.8. The number of aliphatic carboxylic acids is 1. The van der Waals surface area contributed by atoms with Crippen molar-refractivity contribution in [3.8, 4) is 0 Å². The van der Waals surface area contributed by atoms with E-state index in [4.69, 9.17) is 10.8 Å². The average Bonchev–Trinajstić information content (AvgIpc) is 2.14. The summed E-state index contributed by atoms with van der Waals surface area (Å²) in [5.41, 5.74) is 5.37. The molecule has 0 spiro atoms. The van der Waals surface area contributed by atoms with Gasteiger partial charge < -0.3 is 10.8 Å². The molecule has 0 heterocycles. The SMILES string of the molecule is NCC(C(=O)O)c1cc(F)c(F)cc1Br. The second-order valence-electron chi connectivity index (χ2n) is 2.91. The minimum atomic E-state index is -1.18. The van der Waals surface area contributed by atoms with Gasteiger partial charge in [0.15, 0.2) is 11.6 Å². The van der Waals surface area contributed by atoms with E-state index < -0.39 is 23.5 Å². The summed E-state index contributed by atoms with van der Waals surface area (Å²) in [5, 5.41) is 8.79. The van der Waals surface area contributed by atoms with Crippen LogP contribution < -0.4 is 5.73 Å². The third kappa shape index (κ3) is 2.51. The first-order chi connectivity index (χ1) is 6.97. The van der Waals surface area contributed by atoms with Crippen LogP contribution in [0.2, 0.25) is 0 Å². The number of hydrogen-bond acceptors (Lipinski definition) is 2. The van der Waals surface area contributed by atoms with Crippen molar-refractivity contribution >= 4 is 21.9 Å². The van der Waals surface area contributed by atoms with Gasteiger partial charge in [-0.05, 0) is 17.7 Å². The van der Waals surface area contributed by atoms with Crippen LogP contribution in [0.25, 0.3) is 0 Å². The Morgan fingerprint density at radius 1 is 1.47 bits per heavy atom. The molecule has 3 N–H and O–H groups in total. The highest BCUT2D eigenvalue weighted by Gasteiger charge is 2.22. The monoisotopic (exact) mass is 279 g/mol. The summed E-state index contributed by atoms with van der Waals surface area (Å²) in [6, 6.07) is 1.72. The minimum absolute atomic E-state index is 0.129. The van der Waals surface area contributed by atoms with E-state index in [-0.39, 0.29) is 16.6 Å². The maximum absolute atomic E-state index is 12.9. The fourth-order valence-electron chi connectivity index (χ4n) is 1.17. The quantitative estimate of drug-likeness (QED) is 0.830. The van der Waals surface area contributed by atoms with Crippen LogP contribution in [0.15, 0.2) is 16.6 Å². The van der Waals surface area contributed by atoms with Crippen LogP contribution >= 0.6 is 15.9 Å². The Balaban J connectivity index is 3.24. The highest BCUT2D eigenvalue weighted by Crippen LogP contribution is 2.27. The van der Waals surface area contributed by atoms with E-state index in [1.165, 1.54) is 0 Å². The van der Waals surface area contributed by atoms with Gasteiger partial charge in [-0.25, -0.2) is 8.78 Å². The Bertz CT molecular complexity index is 398. The molecule has 0 saturated carbocycles. The van der Waals surface area contributed by atoms with Gasteiger partial charge in [-0.2, -0.15) is 0 Å². The number of carboxylic acid groups (broad SMARTS) is 1. The molecular weight excluding hydrogens is 272 g/mol. The molecule has 3 nitrogen and oxygen atoms in total. The van der Waals surface area contributed by atoms with Crippen LogP contribution in [-0.2, 0) is 4.79 Å². The molecule has 0 amide bonds. The molecule has 0 aromatic heterocycles. The topological polar surface area (TPSA) is 63.3 Å². The zero-order valence-corrected chi connectivity index (χ0v) is 9.09. The van der Waals surface area contributed by atoms with Gasteiger partial charge in [-0.1, -0.05) is 15.9 Å². The normalized spacial score (nSPS) is 12.5. The summed E-state index contributed by atoms with van der Waals surface area (Å²) in [6.07, 6.45) is 0. The summed E-state index contributed by atoms with van der Waals surface area (Å²) in [4.78, 5) is 10.8. The molecule has 0 fully saturated rings. The molecule has 0 aliphatic heterocycles. The predicted molar refractivity (Wildman–Crippen MR) is 53.5 cm³/mol. The summed E-state index contributed by atoms with van der Waals surface area (Å²) in [7, 11) is 0. The van der Waals surface area contributed by atoms with E-state index in [0.29, 0.717) is 0 Å². The Labute approximate surface area is 93.0 Å². The van der Waals surface area contributed by atoms with Gasteiger partial charge in [0.05, 0.1) is 5.92 Å². The third-order valence-electron chi connectivity index (χ3n) is 1.95. The zero-order valence-electron chi connectivity index (χ0n) is 7.51. The maximum atomic E-state index is 12.9. The zero-order chi connectivity index (χ0) is 11.6. The van der Waals surface area contributed by atoms with Gasteiger partial charge in [0, 0.05) is 11.0 Å². The Morgan fingerprint density at radius 3 is 2.47 bits per heavy atom. The highest BCUT2D eigenvalue weighted by molar-refractivity contribution is 9.10. The standard InChI is InChI=1S/C9H8BrF2NO2/c10-6-2-8(12)7(11)1-4(6)5(3-13)9(14)15/h1-2,5H,3,13H2,(H,14,15).